The molecule has 2 aromatic heterocycles. The Morgan fingerprint density at radius 1 is 0.642 bits per heavy atom. The van der Waals surface area contributed by atoms with Gasteiger partial charge in [0.1, 0.15) is 22.8 Å². The fourth-order valence-electron chi connectivity index (χ4n) is 8.21. The van der Waals surface area contributed by atoms with E-state index in [1.165, 1.54) is 37.4 Å². The summed E-state index contributed by atoms with van der Waals surface area (Å²) in [4.78, 5) is 69.4. The number of fused-ring (bicyclic) bond motifs is 2. The number of Topliss-reactive ketones (excluding diaryl/α,β-unsaturated/α-hetero) is 2. The van der Waals surface area contributed by atoms with E-state index in [2.05, 4.69) is 75.8 Å². The summed E-state index contributed by atoms with van der Waals surface area (Å²) < 4.78 is 53.5. The minimum Gasteiger partial charge on any atom is -0.367 e. The molecule has 6 heterocycles. The average Bonchev–Trinajstić information content (AvgIpc) is 3.34. The van der Waals surface area contributed by atoms with Crippen molar-refractivity contribution < 1.29 is 36.7 Å². The molecule has 14 nitrogen and oxygen atoms in total. The summed E-state index contributed by atoms with van der Waals surface area (Å²) in [6, 6.07) is 14.1. The van der Waals surface area contributed by atoms with Crippen molar-refractivity contribution in [2.24, 2.45) is 9.98 Å². The fourth-order valence-corrected chi connectivity index (χ4v) is 8.82. The van der Waals surface area contributed by atoms with Gasteiger partial charge in [-0.25, -0.2) is 37.5 Å². The molecule has 4 aliphatic rings. The summed E-state index contributed by atoms with van der Waals surface area (Å²) in [7, 11) is 2.88. The van der Waals surface area contributed by atoms with Gasteiger partial charge in [0.25, 0.3) is 24.7 Å². The van der Waals surface area contributed by atoms with Gasteiger partial charge in [-0.2, -0.15) is 0 Å². The Kier molecular flexibility index (Phi) is 17.1. The lowest BCUT2D eigenvalue weighted by Gasteiger charge is -2.37. The van der Waals surface area contributed by atoms with Crippen molar-refractivity contribution in [3.05, 3.63) is 105 Å². The number of alkyl halides is 5. The van der Waals surface area contributed by atoms with Crippen LogP contribution in [0.1, 0.15) is 92.4 Å². The zero-order valence-electron chi connectivity index (χ0n) is 38.4. The maximum atomic E-state index is 13.7. The number of aromatic nitrogens is 2. The molecular weight excluding hydrogens is 936 g/mol. The van der Waals surface area contributed by atoms with Crippen molar-refractivity contribution in [2.45, 2.75) is 65.3 Å². The SMILES string of the molecule is CC1=Nc2ccc(CBr)c(C)c2CC1=O.CNC(=O)c1ccc(N2CCN(Cc3ccc4c(c3C)CC(=O)C(C)=N4)CC2)c(C(F)F)n1.CNC(=O)c1ccc(N2CCNCC2)c(C(F)F)n1. The van der Waals surface area contributed by atoms with Crippen molar-refractivity contribution in [3.63, 3.8) is 0 Å². The number of halogens is 5. The van der Waals surface area contributed by atoms with Gasteiger partial charge in [-0.05, 0) is 97.5 Å². The lowest BCUT2D eigenvalue weighted by atomic mass is 9.93. The Balaban J connectivity index is 0.000000183. The van der Waals surface area contributed by atoms with Crippen LogP contribution in [0.15, 0.2) is 58.5 Å². The number of aliphatic imine (C=N–C) groups is 2. The van der Waals surface area contributed by atoms with E-state index in [1.807, 2.05) is 28.9 Å². The van der Waals surface area contributed by atoms with Gasteiger partial charge in [-0.15, -0.1) is 0 Å². The molecule has 8 rings (SSSR count). The first-order valence-corrected chi connectivity index (χ1v) is 23.1. The van der Waals surface area contributed by atoms with Gasteiger partial charge in [0.2, 0.25) is 0 Å². The molecule has 0 radical (unpaired) electrons. The Labute approximate surface area is 395 Å². The molecule has 0 bridgehead atoms. The van der Waals surface area contributed by atoms with Gasteiger partial charge < -0.3 is 25.8 Å². The number of amides is 2. The second-order valence-electron chi connectivity index (χ2n) is 16.4. The Bertz CT molecular complexity index is 2580. The highest BCUT2D eigenvalue weighted by atomic mass is 79.9. The van der Waals surface area contributed by atoms with Gasteiger partial charge >= 0.3 is 0 Å². The maximum Gasteiger partial charge on any atom is 0.282 e. The Morgan fingerprint density at radius 2 is 1.07 bits per heavy atom. The molecular formula is C48H55BrF4N10O4. The first-order valence-electron chi connectivity index (χ1n) is 22.0. The topological polar surface area (TPSA) is 165 Å². The molecule has 4 aromatic rings. The summed E-state index contributed by atoms with van der Waals surface area (Å²) in [5, 5.41) is 8.77. The third-order valence-corrected chi connectivity index (χ3v) is 12.9. The minimum atomic E-state index is -2.77. The van der Waals surface area contributed by atoms with Crippen molar-refractivity contribution >= 4 is 73.5 Å². The van der Waals surface area contributed by atoms with Crippen LogP contribution in [-0.4, -0.2) is 116 Å². The van der Waals surface area contributed by atoms with E-state index in [0.29, 0.717) is 74.9 Å². The van der Waals surface area contributed by atoms with E-state index < -0.39 is 24.7 Å². The highest BCUT2D eigenvalue weighted by Gasteiger charge is 2.27. The fraction of sp³-hybridized carbons (Fsp3) is 0.417. The number of benzene rings is 2. The number of nitrogens with zero attached hydrogens (tertiary/aromatic N) is 7. The molecule has 356 valence electrons. The first-order chi connectivity index (χ1) is 32.0. The molecule has 2 fully saturated rings. The van der Waals surface area contributed by atoms with Gasteiger partial charge in [0, 0.05) is 91.2 Å². The molecule has 0 spiro atoms. The van der Waals surface area contributed by atoms with Crippen LogP contribution in [0.25, 0.3) is 0 Å². The van der Waals surface area contributed by atoms with Gasteiger partial charge in [-0.3, -0.25) is 24.1 Å². The second kappa shape index (κ2) is 22.7. The molecule has 0 atom stereocenters. The standard InChI is InChI=1S/C24H27F2N5O2.C12H12BrNO.C12H16F2N4O/c1-14-16(4-5-18-17(14)12-21(32)15(2)28-18)13-30-8-10-31(11-9-30)20-7-6-19(24(33)27-3)29-22(20)23(25)26;1-7-9(6-13)3-4-11-10(7)5-12(15)8(2)14-11;1-15-12(19)8-2-3-9(10(17-8)11(13)14)18-6-4-16-5-7-18/h4-7,23H,8-13H2,1-3H3,(H,27,33);3-4H,5-6H2,1-2H3;2-3,11,16H,4-7H2,1H3,(H,15,19). The van der Waals surface area contributed by atoms with E-state index in [9.17, 15) is 36.7 Å². The van der Waals surface area contributed by atoms with Crippen LogP contribution in [-0.2, 0) is 34.3 Å². The van der Waals surface area contributed by atoms with Crippen molar-refractivity contribution in [1.82, 2.24) is 30.8 Å². The van der Waals surface area contributed by atoms with Gasteiger partial charge in [0.15, 0.2) is 11.6 Å². The molecule has 2 amide bonds. The highest BCUT2D eigenvalue weighted by molar-refractivity contribution is 9.08. The molecule has 3 N–H and O–H groups in total. The predicted octanol–water partition coefficient (Wildman–Crippen LogP) is 7.12. The zero-order valence-corrected chi connectivity index (χ0v) is 40.0. The first kappa shape index (κ1) is 50.5. The number of carbonyl (C=O) groups is 4. The maximum absolute atomic E-state index is 13.7. The number of anilines is 2. The van der Waals surface area contributed by atoms with Crippen LogP contribution < -0.4 is 25.8 Å². The largest absolute Gasteiger partial charge is 0.367 e. The number of hydrogen-bond acceptors (Lipinski definition) is 12. The number of nitrogens with one attached hydrogen (secondary N) is 3. The Morgan fingerprint density at radius 3 is 1.51 bits per heavy atom. The highest BCUT2D eigenvalue weighted by Crippen LogP contribution is 2.34. The number of rotatable bonds is 9. The molecule has 2 aromatic carbocycles. The average molecular weight is 992 g/mol. The smallest absolute Gasteiger partial charge is 0.282 e. The zero-order chi connectivity index (χ0) is 48.5. The normalized spacial score (nSPS) is 16.0. The van der Waals surface area contributed by atoms with Crippen LogP contribution >= 0.6 is 15.9 Å². The summed E-state index contributed by atoms with van der Waals surface area (Å²) in [6.45, 7) is 13.7. The van der Waals surface area contributed by atoms with Crippen LogP contribution in [0.2, 0.25) is 0 Å². The molecule has 2 saturated heterocycles. The third-order valence-electron chi connectivity index (χ3n) is 12.3. The minimum absolute atomic E-state index is 0.0108. The van der Waals surface area contributed by atoms with E-state index in [0.717, 1.165) is 58.6 Å². The summed E-state index contributed by atoms with van der Waals surface area (Å²) in [5.74, 6) is -0.760. The van der Waals surface area contributed by atoms with Gasteiger partial charge in [-0.1, -0.05) is 28.1 Å². The van der Waals surface area contributed by atoms with Crippen LogP contribution in [0, 0.1) is 13.8 Å². The quantitative estimate of drug-likeness (QED) is 0.116. The number of hydrogen-bond donors (Lipinski definition) is 3. The van der Waals surface area contributed by atoms with E-state index in [-0.39, 0.29) is 34.3 Å². The molecule has 0 unspecified atom stereocenters. The lowest BCUT2D eigenvalue weighted by Crippen LogP contribution is -2.46. The van der Waals surface area contributed by atoms with Crippen LogP contribution in [0.3, 0.4) is 0 Å². The lowest BCUT2D eigenvalue weighted by molar-refractivity contribution is -0.113. The number of ketones is 2. The molecule has 0 aliphatic carbocycles. The second-order valence-corrected chi connectivity index (χ2v) is 16.9. The predicted molar refractivity (Wildman–Crippen MR) is 256 cm³/mol. The monoisotopic (exact) mass is 990 g/mol. The van der Waals surface area contributed by atoms with Crippen molar-refractivity contribution in [3.8, 4) is 0 Å². The summed E-state index contributed by atoms with van der Waals surface area (Å²) >= 11 is 3.44. The van der Waals surface area contributed by atoms with Crippen LogP contribution in [0.4, 0.5) is 40.3 Å². The van der Waals surface area contributed by atoms with Gasteiger partial charge in [0.05, 0.1) is 34.2 Å². The number of carbonyl (C=O) groups excluding carboxylic acids is 4. The molecule has 0 saturated carbocycles. The van der Waals surface area contributed by atoms with E-state index >= 15 is 0 Å². The van der Waals surface area contributed by atoms with E-state index in [1.54, 1.807) is 26.0 Å². The van der Waals surface area contributed by atoms with Crippen molar-refractivity contribution in [1.29, 1.82) is 0 Å². The van der Waals surface area contributed by atoms with E-state index in [4.69, 9.17) is 0 Å². The third kappa shape index (κ3) is 12.0. The van der Waals surface area contributed by atoms with Crippen LogP contribution in [0.5, 0.6) is 0 Å². The number of pyridine rings is 2. The molecule has 4 aliphatic heterocycles. The Hall–Kier alpha value is -5.92. The summed E-state index contributed by atoms with van der Waals surface area (Å²) in [6.07, 6.45) is -4.59. The van der Waals surface area contributed by atoms with Crippen molar-refractivity contribution in [2.75, 3.05) is 76.3 Å². The molecule has 19 heteroatoms. The number of piperazine rings is 2. The molecule has 67 heavy (non-hydrogen) atoms. The summed E-state index contributed by atoms with van der Waals surface area (Å²) in [5.41, 5.74) is 9.80.